The van der Waals surface area contributed by atoms with Crippen molar-refractivity contribution in [2.24, 2.45) is 17.4 Å². The van der Waals surface area contributed by atoms with E-state index in [0.29, 0.717) is 11.7 Å². The van der Waals surface area contributed by atoms with Gasteiger partial charge in [-0.05, 0) is 26.2 Å². The van der Waals surface area contributed by atoms with E-state index >= 15 is 0 Å². The molecule has 0 aromatic carbocycles. The van der Waals surface area contributed by atoms with Crippen molar-refractivity contribution in [2.75, 3.05) is 0 Å². The molecule has 1 aliphatic rings. The highest BCUT2D eigenvalue weighted by Crippen LogP contribution is 2.36. The van der Waals surface area contributed by atoms with Crippen molar-refractivity contribution in [2.45, 2.75) is 63.8 Å². The van der Waals surface area contributed by atoms with Crippen LogP contribution in [0, 0.1) is 5.92 Å². The van der Waals surface area contributed by atoms with E-state index in [1.165, 1.54) is 13.8 Å². The topological polar surface area (TPSA) is 186 Å². The van der Waals surface area contributed by atoms with E-state index in [9.17, 15) is 19.5 Å². The second kappa shape index (κ2) is 8.91. The molecule has 1 saturated carbocycles. The van der Waals surface area contributed by atoms with Crippen LogP contribution in [-0.2, 0) is 9.59 Å². The third-order valence-corrected chi connectivity index (χ3v) is 4.29. The maximum absolute atomic E-state index is 12.2. The molecule has 7 N–H and O–H groups in total. The summed E-state index contributed by atoms with van der Waals surface area (Å²) < 4.78 is 5.14. The number of carbonyl (C=O) groups is 3. The minimum atomic E-state index is -1.09. The number of aromatic nitrogens is 2. The number of aliphatic hydroxyl groups is 1. The second-order valence-corrected chi connectivity index (χ2v) is 6.95. The Morgan fingerprint density at radius 2 is 2.00 bits per heavy atom. The molecule has 0 bridgehead atoms. The van der Waals surface area contributed by atoms with Crippen LogP contribution in [0.5, 0.6) is 0 Å². The molecular weight excluding hydrogens is 356 g/mol. The summed E-state index contributed by atoms with van der Waals surface area (Å²) >= 11 is 0. The van der Waals surface area contributed by atoms with E-state index in [1.807, 2.05) is 0 Å². The van der Waals surface area contributed by atoms with Gasteiger partial charge in [-0.2, -0.15) is 4.98 Å². The quantitative estimate of drug-likeness (QED) is 0.355. The number of nitrogens with zero attached hydrogens (tertiary/aromatic N) is 2. The zero-order valence-electron chi connectivity index (χ0n) is 15.3. The molecule has 4 atom stereocenters. The van der Waals surface area contributed by atoms with Gasteiger partial charge < -0.3 is 31.7 Å². The molecule has 0 aliphatic heterocycles. The van der Waals surface area contributed by atoms with Gasteiger partial charge in [0.15, 0.2) is 11.6 Å². The number of carbonyl (C=O) groups excluding carboxylic acids is 3. The van der Waals surface area contributed by atoms with Gasteiger partial charge in [0.25, 0.3) is 0 Å². The fourth-order valence-electron chi connectivity index (χ4n) is 2.66. The van der Waals surface area contributed by atoms with Crippen LogP contribution in [0.4, 0.5) is 4.79 Å². The number of urea groups is 1. The van der Waals surface area contributed by atoms with Crippen molar-refractivity contribution in [1.29, 1.82) is 0 Å². The van der Waals surface area contributed by atoms with Crippen molar-refractivity contribution < 1.29 is 24.0 Å². The van der Waals surface area contributed by atoms with E-state index in [0.717, 1.165) is 19.3 Å². The fourth-order valence-corrected chi connectivity index (χ4v) is 2.66. The Balaban J connectivity index is 2.05. The molecule has 3 amide bonds. The Hall–Kier alpha value is -2.53. The number of nitrogens with one attached hydrogen (secondary N) is 2. The van der Waals surface area contributed by atoms with Crippen LogP contribution in [0.15, 0.2) is 4.52 Å². The standard InChI is InChI=1S/C16H26N6O5/c1-7(23)13(8(2)24)20-16(26)19-11(6-12(18)25)15-21-14(22-27-15)10(17)5-9-3-4-9/h7,9-11,13,23H,3-6,17H2,1-2H3,(H2,18,25)(H2,19,20,26)/t7?,10-,11+,13+/m1/s1. The molecule has 0 spiro atoms. The molecule has 1 aromatic rings. The molecule has 27 heavy (non-hydrogen) atoms. The third-order valence-electron chi connectivity index (χ3n) is 4.29. The molecule has 11 heteroatoms. The van der Waals surface area contributed by atoms with Gasteiger partial charge in [-0.25, -0.2) is 4.79 Å². The number of hydrogen-bond acceptors (Lipinski definition) is 8. The number of ketones is 1. The first kappa shape index (κ1) is 20.8. The van der Waals surface area contributed by atoms with Crippen LogP contribution in [0.3, 0.4) is 0 Å². The summed E-state index contributed by atoms with van der Waals surface area (Å²) in [5.74, 6) is -0.268. The molecule has 1 heterocycles. The number of hydrogen-bond donors (Lipinski definition) is 5. The lowest BCUT2D eigenvalue weighted by Gasteiger charge is -2.20. The number of primary amides is 1. The van der Waals surface area contributed by atoms with Gasteiger partial charge in [0.1, 0.15) is 12.1 Å². The smallest absolute Gasteiger partial charge is 0.316 e. The first-order chi connectivity index (χ1) is 12.7. The maximum atomic E-state index is 12.2. The molecule has 1 aromatic heterocycles. The summed E-state index contributed by atoms with van der Waals surface area (Å²) in [5.41, 5.74) is 11.3. The van der Waals surface area contributed by atoms with Crippen molar-refractivity contribution in [3.8, 4) is 0 Å². The van der Waals surface area contributed by atoms with E-state index < -0.39 is 42.0 Å². The lowest BCUT2D eigenvalue weighted by Crippen LogP contribution is -2.51. The Bertz CT molecular complexity index is 687. The summed E-state index contributed by atoms with van der Waals surface area (Å²) in [4.78, 5) is 39.2. The fraction of sp³-hybridized carbons (Fsp3) is 0.688. The van der Waals surface area contributed by atoms with Crippen molar-refractivity contribution in [3.63, 3.8) is 0 Å². The summed E-state index contributed by atoms with van der Waals surface area (Å²) in [5, 5.41) is 18.2. The Kier molecular flexibility index (Phi) is 6.86. The van der Waals surface area contributed by atoms with E-state index in [-0.39, 0.29) is 12.3 Å². The van der Waals surface area contributed by atoms with Gasteiger partial charge >= 0.3 is 6.03 Å². The van der Waals surface area contributed by atoms with Crippen LogP contribution >= 0.6 is 0 Å². The minimum absolute atomic E-state index is 0.0124. The van der Waals surface area contributed by atoms with Crippen LogP contribution in [0.2, 0.25) is 0 Å². The van der Waals surface area contributed by atoms with Crippen molar-refractivity contribution in [1.82, 2.24) is 20.8 Å². The zero-order valence-corrected chi connectivity index (χ0v) is 15.3. The predicted molar refractivity (Wildman–Crippen MR) is 92.9 cm³/mol. The summed E-state index contributed by atoms with van der Waals surface area (Å²) in [6.45, 7) is 2.61. The second-order valence-electron chi connectivity index (χ2n) is 6.95. The third kappa shape index (κ3) is 6.29. The summed E-state index contributed by atoms with van der Waals surface area (Å²) in [6, 6.07) is -3.26. The first-order valence-electron chi connectivity index (χ1n) is 8.80. The highest BCUT2D eigenvalue weighted by Gasteiger charge is 2.30. The summed E-state index contributed by atoms with van der Waals surface area (Å²) in [7, 11) is 0. The Morgan fingerprint density at radius 1 is 1.33 bits per heavy atom. The Labute approximate surface area is 156 Å². The molecule has 11 nitrogen and oxygen atoms in total. The first-order valence-corrected chi connectivity index (χ1v) is 8.80. The molecule has 150 valence electrons. The van der Waals surface area contributed by atoms with Crippen molar-refractivity contribution in [3.05, 3.63) is 11.7 Å². The lowest BCUT2D eigenvalue weighted by atomic mass is 10.1. The normalized spacial score (nSPS) is 18.2. The van der Waals surface area contributed by atoms with Crippen LogP contribution in [-0.4, -0.2) is 45.1 Å². The molecule has 1 fully saturated rings. The molecular formula is C16H26N6O5. The monoisotopic (exact) mass is 382 g/mol. The maximum Gasteiger partial charge on any atom is 0.316 e. The highest BCUT2D eigenvalue weighted by molar-refractivity contribution is 5.87. The summed E-state index contributed by atoms with van der Waals surface area (Å²) in [6.07, 6.45) is 1.63. The number of Topliss-reactive ketones (excluding diaryl/α,β-unsaturated/α-hetero) is 1. The van der Waals surface area contributed by atoms with Crippen molar-refractivity contribution >= 4 is 17.7 Å². The van der Waals surface area contributed by atoms with Crippen LogP contribution in [0.25, 0.3) is 0 Å². The van der Waals surface area contributed by atoms with Gasteiger partial charge in [-0.3, -0.25) is 9.59 Å². The van der Waals surface area contributed by atoms with E-state index in [2.05, 4.69) is 20.8 Å². The van der Waals surface area contributed by atoms with Crippen LogP contribution in [0.1, 0.15) is 63.3 Å². The van der Waals surface area contributed by atoms with Gasteiger partial charge in [0.05, 0.1) is 18.6 Å². The average molecular weight is 382 g/mol. The SMILES string of the molecule is CC(=O)[C@@H](NC(=O)N[C@@H](CC(N)=O)c1nc([C@H](N)CC2CC2)no1)C(C)O. The molecule has 0 saturated heterocycles. The molecule has 2 rings (SSSR count). The zero-order chi connectivity index (χ0) is 20.1. The van der Waals surface area contributed by atoms with E-state index in [1.54, 1.807) is 0 Å². The number of aliphatic hydroxyl groups excluding tert-OH is 1. The number of amides is 3. The number of rotatable bonds is 10. The average Bonchev–Trinajstić information content (AvgIpc) is 3.23. The molecule has 1 aliphatic carbocycles. The van der Waals surface area contributed by atoms with Gasteiger partial charge in [0, 0.05) is 0 Å². The minimum Gasteiger partial charge on any atom is -0.391 e. The van der Waals surface area contributed by atoms with Gasteiger partial charge in [-0.1, -0.05) is 18.0 Å². The lowest BCUT2D eigenvalue weighted by molar-refractivity contribution is -0.121. The predicted octanol–water partition coefficient (Wildman–Crippen LogP) is -0.576. The largest absolute Gasteiger partial charge is 0.391 e. The van der Waals surface area contributed by atoms with E-state index in [4.69, 9.17) is 16.0 Å². The van der Waals surface area contributed by atoms with Crippen LogP contribution < -0.4 is 22.1 Å². The Morgan fingerprint density at radius 3 is 2.52 bits per heavy atom. The number of nitrogens with two attached hydrogens (primary N) is 2. The molecule has 1 unspecified atom stereocenters. The highest BCUT2D eigenvalue weighted by atomic mass is 16.5. The van der Waals surface area contributed by atoms with Gasteiger partial charge in [0.2, 0.25) is 11.8 Å². The van der Waals surface area contributed by atoms with Gasteiger partial charge in [-0.15, -0.1) is 0 Å². The molecule has 0 radical (unpaired) electrons.